The number of likely N-dealkylation sites (tertiary alicyclic amines) is 1. The SMILES string of the molecule is CCCC[C@H](O)[C@@H](CC1CC1)C(=O)NC1CCCCN(Cc2cccc(Oc3ccccc3)c2)C1=O. The Morgan fingerprint density at radius 3 is 2.61 bits per heavy atom. The number of carbonyl (C=O) groups excluding carboxylic acids is 2. The molecular weight excluding hydrogens is 452 g/mol. The Hall–Kier alpha value is -2.86. The third-order valence-electron chi connectivity index (χ3n) is 7.29. The Kier molecular flexibility index (Phi) is 9.40. The number of nitrogens with zero attached hydrogens (tertiary/aromatic N) is 1. The number of amides is 2. The summed E-state index contributed by atoms with van der Waals surface area (Å²) >= 11 is 0. The molecule has 2 fully saturated rings. The van der Waals surface area contributed by atoms with Gasteiger partial charge in [-0.25, -0.2) is 0 Å². The molecule has 1 saturated heterocycles. The van der Waals surface area contributed by atoms with Gasteiger partial charge in [-0.05, 0) is 67.9 Å². The third kappa shape index (κ3) is 7.57. The Balaban J connectivity index is 1.39. The standard InChI is InChI=1S/C30H40N2O4/c1-2-3-15-28(33)26(20-22-16-17-22)29(34)31-27-14-7-8-18-32(30(27)35)21-23-10-9-13-25(19-23)36-24-11-5-4-6-12-24/h4-6,9-13,19,22,26-28,33H,2-3,7-8,14-18,20-21H2,1H3,(H,31,34)/t26-,27?,28+/m1/s1. The van der Waals surface area contributed by atoms with Crippen molar-refractivity contribution in [2.75, 3.05) is 6.54 Å². The van der Waals surface area contributed by atoms with Gasteiger partial charge >= 0.3 is 0 Å². The highest BCUT2D eigenvalue weighted by atomic mass is 16.5. The number of hydrogen-bond donors (Lipinski definition) is 2. The topological polar surface area (TPSA) is 78.9 Å². The quantitative estimate of drug-likeness (QED) is 0.413. The summed E-state index contributed by atoms with van der Waals surface area (Å²) in [7, 11) is 0. The van der Waals surface area contributed by atoms with Gasteiger partial charge in [-0.15, -0.1) is 0 Å². The van der Waals surface area contributed by atoms with Gasteiger partial charge in [0.25, 0.3) is 0 Å². The summed E-state index contributed by atoms with van der Waals surface area (Å²) in [5.41, 5.74) is 0.991. The van der Waals surface area contributed by atoms with Crippen LogP contribution in [-0.2, 0) is 16.1 Å². The molecule has 2 aromatic carbocycles. The van der Waals surface area contributed by atoms with E-state index in [1.54, 1.807) is 0 Å². The summed E-state index contributed by atoms with van der Waals surface area (Å²) < 4.78 is 5.96. The normalized spacial score (nSPS) is 19.9. The number of hydrogen-bond acceptors (Lipinski definition) is 4. The minimum atomic E-state index is -0.644. The van der Waals surface area contributed by atoms with Crippen LogP contribution in [0.15, 0.2) is 54.6 Å². The van der Waals surface area contributed by atoms with Crippen molar-refractivity contribution in [1.29, 1.82) is 0 Å². The van der Waals surface area contributed by atoms with Crippen LogP contribution in [0, 0.1) is 11.8 Å². The molecule has 1 heterocycles. The summed E-state index contributed by atoms with van der Waals surface area (Å²) in [6.07, 6.45) is 7.29. The van der Waals surface area contributed by atoms with Crippen LogP contribution in [-0.4, -0.2) is 40.5 Å². The molecule has 4 rings (SSSR count). The second kappa shape index (κ2) is 12.9. The van der Waals surface area contributed by atoms with Gasteiger partial charge < -0.3 is 20.1 Å². The molecule has 1 aliphatic heterocycles. The lowest BCUT2D eigenvalue weighted by molar-refractivity contribution is -0.139. The van der Waals surface area contributed by atoms with Gasteiger partial charge in [-0.1, -0.05) is 62.9 Å². The molecule has 0 radical (unpaired) electrons. The lowest BCUT2D eigenvalue weighted by atomic mass is 9.91. The van der Waals surface area contributed by atoms with E-state index in [9.17, 15) is 14.7 Å². The molecule has 36 heavy (non-hydrogen) atoms. The second-order valence-electron chi connectivity index (χ2n) is 10.4. The molecule has 0 bridgehead atoms. The first-order chi connectivity index (χ1) is 17.5. The van der Waals surface area contributed by atoms with E-state index in [2.05, 4.69) is 12.2 Å². The summed E-state index contributed by atoms with van der Waals surface area (Å²) in [5.74, 6) is 1.40. The first kappa shape index (κ1) is 26.2. The maximum absolute atomic E-state index is 13.5. The minimum Gasteiger partial charge on any atom is -0.457 e. The number of nitrogens with one attached hydrogen (secondary N) is 1. The number of ether oxygens (including phenoxy) is 1. The molecule has 1 aliphatic carbocycles. The fourth-order valence-corrected chi connectivity index (χ4v) is 4.99. The second-order valence-corrected chi connectivity index (χ2v) is 10.4. The van der Waals surface area contributed by atoms with Crippen LogP contribution in [0.3, 0.4) is 0 Å². The van der Waals surface area contributed by atoms with Crippen molar-refractivity contribution in [2.45, 2.75) is 83.4 Å². The minimum absolute atomic E-state index is 0.0385. The van der Waals surface area contributed by atoms with Gasteiger partial charge in [0.15, 0.2) is 0 Å². The van der Waals surface area contributed by atoms with E-state index in [4.69, 9.17) is 4.74 Å². The maximum Gasteiger partial charge on any atom is 0.245 e. The molecule has 2 aromatic rings. The lowest BCUT2D eigenvalue weighted by Gasteiger charge is -2.28. The molecular formula is C30H40N2O4. The lowest BCUT2D eigenvalue weighted by Crippen LogP contribution is -2.50. The van der Waals surface area contributed by atoms with Crippen molar-refractivity contribution in [3.05, 3.63) is 60.2 Å². The number of aliphatic hydroxyl groups is 1. The van der Waals surface area contributed by atoms with Crippen LogP contribution in [0.25, 0.3) is 0 Å². The molecule has 2 aliphatic rings. The van der Waals surface area contributed by atoms with Gasteiger partial charge in [-0.3, -0.25) is 9.59 Å². The number of benzene rings is 2. The fourth-order valence-electron chi connectivity index (χ4n) is 4.99. The van der Waals surface area contributed by atoms with E-state index in [-0.39, 0.29) is 11.8 Å². The molecule has 2 amide bonds. The summed E-state index contributed by atoms with van der Waals surface area (Å²) in [6.45, 7) is 3.23. The first-order valence-electron chi connectivity index (χ1n) is 13.6. The largest absolute Gasteiger partial charge is 0.457 e. The van der Waals surface area contributed by atoms with Crippen LogP contribution in [0.2, 0.25) is 0 Å². The smallest absolute Gasteiger partial charge is 0.245 e. The molecule has 1 saturated carbocycles. The van der Waals surface area contributed by atoms with Crippen molar-refractivity contribution < 1.29 is 19.4 Å². The van der Waals surface area contributed by atoms with E-state index in [0.29, 0.717) is 31.8 Å². The van der Waals surface area contributed by atoms with Crippen LogP contribution >= 0.6 is 0 Å². The average molecular weight is 493 g/mol. The molecule has 0 aromatic heterocycles. The summed E-state index contributed by atoms with van der Waals surface area (Å²) in [6, 6.07) is 16.9. The highest BCUT2D eigenvalue weighted by Crippen LogP contribution is 2.37. The predicted octanol–water partition coefficient (Wildman–Crippen LogP) is 5.44. The number of aliphatic hydroxyl groups excluding tert-OH is 1. The molecule has 0 spiro atoms. The highest BCUT2D eigenvalue weighted by Gasteiger charge is 2.36. The zero-order valence-electron chi connectivity index (χ0n) is 21.4. The molecule has 1 unspecified atom stereocenters. The maximum atomic E-state index is 13.5. The van der Waals surface area contributed by atoms with E-state index in [1.165, 1.54) is 0 Å². The molecule has 6 heteroatoms. The van der Waals surface area contributed by atoms with Gasteiger partial charge in [-0.2, -0.15) is 0 Å². The van der Waals surface area contributed by atoms with E-state index in [0.717, 1.165) is 62.0 Å². The molecule has 3 atom stereocenters. The fraction of sp³-hybridized carbons (Fsp3) is 0.533. The van der Waals surface area contributed by atoms with Gasteiger partial charge in [0, 0.05) is 13.1 Å². The molecule has 2 N–H and O–H groups in total. The van der Waals surface area contributed by atoms with Crippen LogP contribution in [0.4, 0.5) is 0 Å². The van der Waals surface area contributed by atoms with Crippen LogP contribution in [0.5, 0.6) is 11.5 Å². The van der Waals surface area contributed by atoms with Crippen molar-refractivity contribution in [3.8, 4) is 11.5 Å². The summed E-state index contributed by atoms with van der Waals surface area (Å²) in [4.78, 5) is 28.6. The number of rotatable bonds is 12. The molecule has 6 nitrogen and oxygen atoms in total. The Morgan fingerprint density at radius 2 is 1.86 bits per heavy atom. The summed E-state index contributed by atoms with van der Waals surface area (Å²) in [5, 5.41) is 13.8. The third-order valence-corrected chi connectivity index (χ3v) is 7.29. The Morgan fingerprint density at radius 1 is 1.08 bits per heavy atom. The number of unbranched alkanes of at least 4 members (excludes halogenated alkanes) is 1. The van der Waals surface area contributed by atoms with E-state index < -0.39 is 18.1 Å². The van der Waals surface area contributed by atoms with Gasteiger partial charge in [0.05, 0.1) is 12.0 Å². The number of carbonyl (C=O) groups is 2. The van der Waals surface area contributed by atoms with Crippen molar-refractivity contribution in [2.24, 2.45) is 11.8 Å². The highest BCUT2D eigenvalue weighted by molar-refractivity contribution is 5.89. The Bertz CT molecular complexity index is 991. The van der Waals surface area contributed by atoms with Crippen LogP contribution in [0.1, 0.15) is 70.3 Å². The zero-order valence-corrected chi connectivity index (χ0v) is 21.4. The van der Waals surface area contributed by atoms with Gasteiger partial charge in [0.2, 0.25) is 11.8 Å². The molecule has 194 valence electrons. The average Bonchev–Trinajstić information content (AvgIpc) is 3.72. The zero-order chi connectivity index (χ0) is 25.3. The van der Waals surface area contributed by atoms with Gasteiger partial charge in [0.1, 0.15) is 17.5 Å². The van der Waals surface area contributed by atoms with Crippen LogP contribution < -0.4 is 10.1 Å². The van der Waals surface area contributed by atoms with Crippen molar-refractivity contribution in [1.82, 2.24) is 10.2 Å². The Labute approximate surface area is 215 Å². The van der Waals surface area contributed by atoms with E-state index >= 15 is 0 Å². The number of para-hydroxylation sites is 1. The monoisotopic (exact) mass is 492 g/mol. The van der Waals surface area contributed by atoms with Crippen molar-refractivity contribution >= 4 is 11.8 Å². The van der Waals surface area contributed by atoms with Crippen molar-refractivity contribution in [3.63, 3.8) is 0 Å². The first-order valence-corrected chi connectivity index (χ1v) is 13.6. The van der Waals surface area contributed by atoms with E-state index in [1.807, 2.05) is 59.5 Å². The predicted molar refractivity (Wildman–Crippen MR) is 141 cm³/mol.